The second kappa shape index (κ2) is 11.6. The Balaban J connectivity index is 1.53. The van der Waals surface area contributed by atoms with E-state index in [0.29, 0.717) is 50.6 Å². The molecule has 0 bridgehead atoms. The second-order valence-corrected chi connectivity index (χ2v) is 10.6. The highest BCUT2D eigenvalue weighted by Crippen LogP contribution is 2.42. The molecule has 1 aromatic heterocycles. The molecule has 12 heteroatoms. The topological polar surface area (TPSA) is 75.9 Å². The summed E-state index contributed by atoms with van der Waals surface area (Å²) in [7, 11) is 2.01. The number of likely N-dealkylation sites (tertiary alicyclic amines) is 1. The number of alkyl halides is 3. The van der Waals surface area contributed by atoms with Gasteiger partial charge in [0.05, 0.1) is 23.6 Å². The standard InChI is InChI=1S/C29H32F4N6O2/c1-3-25(40)37-12-14-38(15-13-37)27-20-9-11-39(24-8-4-7-22(30)26(24)29(31,32)33)17-23(20)35-28(21(27)16-34)41-18-19-6-5-10-36(19)2/h3-4,7-8,19H,1,5-6,9-15,17-18H2,2H3. The molecule has 41 heavy (non-hydrogen) atoms. The van der Waals surface area contributed by atoms with E-state index in [0.717, 1.165) is 31.0 Å². The Bertz CT molecular complexity index is 1370. The molecule has 4 heterocycles. The van der Waals surface area contributed by atoms with Gasteiger partial charge in [0.15, 0.2) is 0 Å². The van der Waals surface area contributed by atoms with E-state index in [2.05, 4.69) is 22.5 Å². The van der Waals surface area contributed by atoms with Gasteiger partial charge in [-0.25, -0.2) is 9.37 Å². The lowest BCUT2D eigenvalue weighted by Crippen LogP contribution is -2.49. The summed E-state index contributed by atoms with van der Waals surface area (Å²) in [6.45, 7) is 6.78. The van der Waals surface area contributed by atoms with Crippen LogP contribution in [-0.4, -0.2) is 79.7 Å². The van der Waals surface area contributed by atoms with Crippen LogP contribution < -0.4 is 14.5 Å². The SMILES string of the molecule is C=CC(=O)N1CCN(c2c(C#N)c(OCC3CCCN3C)nc3c2CCN(c2cccc(F)c2C(F)(F)F)C3)CC1. The molecule has 2 saturated heterocycles. The molecule has 1 aromatic carbocycles. The number of likely N-dealkylation sites (N-methyl/N-ethyl adjacent to an activating group) is 1. The predicted octanol–water partition coefficient (Wildman–Crippen LogP) is 3.98. The average Bonchev–Trinajstić information content (AvgIpc) is 3.38. The fourth-order valence-corrected chi connectivity index (χ4v) is 6.00. The third-order valence-corrected chi connectivity index (χ3v) is 8.19. The van der Waals surface area contributed by atoms with Gasteiger partial charge in [0.25, 0.3) is 0 Å². The molecule has 0 spiro atoms. The monoisotopic (exact) mass is 572 g/mol. The summed E-state index contributed by atoms with van der Waals surface area (Å²) in [5, 5.41) is 10.3. The minimum Gasteiger partial charge on any atom is -0.475 e. The van der Waals surface area contributed by atoms with Crippen LogP contribution in [0.25, 0.3) is 0 Å². The predicted molar refractivity (Wildman–Crippen MR) is 145 cm³/mol. The minimum atomic E-state index is -4.87. The first-order chi connectivity index (χ1) is 19.6. The summed E-state index contributed by atoms with van der Waals surface area (Å²) in [5.74, 6) is -1.35. The van der Waals surface area contributed by atoms with E-state index in [4.69, 9.17) is 4.74 Å². The number of fused-ring (bicyclic) bond motifs is 1. The normalized spacial score (nSPS) is 19.6. The van der Waals surface area contributed by atoms with Crippen LogP contribution in [0.2, 0.25) is 0 Å². The van der Waals surface area contributed by atoms with Crippen molar-refractivity contribution in [2.24, 2.45) is 0 Å². The first kappa shape index (κ1) is 28.7. The van der Waals surface area contributed by atoms with Crippen molar-refractivity contribution in [1.82, 2.24) is 14.8 Å². The molecule has 1 amide bonds. The Hall–Kier alpha value is -3.85. The number of hydrogen-bond acceptors (Lipinski definition) is 7. The average molecular weight is 573 g/mol. The van der Waals surface area contributed by atoms with Crippen molar-refractivity contribution in [1.29, 1.82) is 5.26 Å². The molecule has 0 N–H and O–H groups in total. The van der Waals surface area contributed by atoms with Gasteiger partial charge in [-0.3, -0.25) is 4.79 Å². The summed E-state index contributed by atoms with van der Waals surface area (Å²) in [4.78, 5) is 24.2. The van der Waals surface area contributed by atoms with Gasteiger partial charge in [-0.15, -0.1) is 0 Å². The molecule has 2 aromatic rings. The minimum absolute atomic E-state index is 0.00478. The number of amides is 1. The summed E-state index contributed by atoms with van der Waals surface area (Å²) >= 11 is 0. The zero-order chi connectivity index (χ0) is 29.3. The van der Waals surface area contributed by atoms with Gasteiger partial charge in [-0.1, -0.05) is 12.6 Å². The quantitative estimate of drug-likeness (QED) is 0.383. The lowest BCUT2D eigenvalue weighted by atomic mass is 9.97. The summed E-state index contributed by atoms with van der Waals surface area (Å²) in [6.07, 6.45) is -1.31. The van der Waals surface area contributed by atoms with Crippen LogP contribution in [0.1, 0.15) is 35.2 Å². The molecule has 0 radical (unpaired) electrons. The van der Waals surface area contributed by atoms with Gasteiger partial charge in [0.1, 0.15) is 29.6 Å². The number of carbonyl (C=O) groups excluding carboxylic acids is 1. The number of halogens is 4. The van der Waals surface area contributed by atoms with Crippen LogP contribution in [0.15, 0.2) is 30.9 Å². The van der Waals surface area contributed by atoms with E-state index < -0.39 is 17.6 Å². The molecular formula is C29H32F4N6O2. The Kier molecular flexibility index (Phi) is 8.09. The van der Waals surface area contributed by atoms with Crippen molar-refractivity contribution in [3.8, 4) is 11.9 Å². The maximum atomic E-state index is 14.4. The van der Waals surface area contributed by atoms with Crippen molar-refractivity contribution in [3.05, 3.63) is 59.1 Å². The number of nitriles is 1. The number of pyridine rings is 1. The molecular weight excluding hydrogens is 540 g/mol. The van der Waals surface area contributed by atoms with Crippen LogP contribution in [0, 0.1) is 17.1 Å². The summed E-state index contributed by atoms with van der Waals surface area (Å²) in [6, 6.07) is 5.78. The first-order valence-corrected chi connectivity index (χ1v) is 13.7. The van der Waals surface area contributed by atoms with Gasteiger partial charge in [-0.05, 0) is 51.1 Å². The zero-order valence-electron chi connectivity index (χ0n) is 22.9. The van der Waals surface area contributed by atoms with Crippen LogP contribution in [-0.2, 0) is 23.9 Å². The molecule has 0 aliphatic carbocycles. The number of piperazine rings is 1. The Morgan fingerprint density at radius 1 is 1.20 bits per heavy atom. The number of nitrogens with zero attached hydrogens (tertiary/aromatic N) is 6. The molecule has 1 atom stereocenters. The van der Waals surface area contributed by atoms with Crippen LogP contribution in [0.5, 0.6) is 5.88 Å². The number of benzene rings is 1. The molecule has 218 valence electrons. The van der Waals surface area contributed by atoms with Gasteiger partial charge >= 0.3 is 6.18 Å². The molecule has 2 fully saturated rings. The van der Waals surface area contributed by atoms with Gasteiger partial charge in [0, 0.05) is 44.3 Å². The van der Waals surface area contributed by atoms with Crippen molar-refractivity contribution in [2.45, 2.75) is 38.0 Å². The van der Waals surface area contributed by atoms with Crippen molar-refractivity contribution in [3.63, 3.8) is 0 Å². The molecule has 1 unspecified atom stereocenters. The fourth-order valence-electron chi connectivity index (χ4n) is 6.00. The van der Waals surface area contributed by atoms with Crippen LogP contribution in [0.3, 0.4) is 0 Å². The van der Waals surface area contributed by atoms with E-state index in [9.17, 15) is 27.6 Å². The first-order valence-electron chi connectivity index (χ1n) is 13.7. The maximum Gasteiger partial charge on any atom is 0.421 e. The Morgan fingerprint density at radius 2 is 1.95 bits per heavy atom. The molecule has 3 aliphatic heterocycles. The highest BCUT2D eigenvalue weighted by atomic mass is 19.4. The molecule has 8 nitrogen and oxygen atoms in total. The van der Waals surface area contributed by atoms with E-state index in [1.54, 1.807) is 4.90 Å². The smallest absolute Gasteiger partial charge is 0.421 e. The van der Waals surface area contributed by atoms with Crippen molar-refractivity contribution >= 4 is 17.3 Å². The third-order valence-electron chi connectivity index (χ3n) is 8.19. The van der Waals surface area contributed by atoms with Crippen LogP contribution >= 0.6 is 0 Å². The number of anilines is 2. The van der Waals surface area contributed by atoms with Crippen molar-refractivity contribution in [2.75, 3.05) is 62.7 Å². The van der Waals surface area contributed by atoms with Gasteiger partial charge in [0.2, 0.25) is 11.8 Å². The number of ether oxygens (including phenoxy) is 1. The molecule has 3 aliphatic rings. The Morgan fingerprint density at radius 3 is 2.59 bits per heavy atom. The number of hydrogen-bond donors (Lipinski definition) is 0. The number of rotatable bonds is 6. The molecule has 0 saturated carbocycles. The van der Waals surface area contributed by atoms with Crippen molar-refractivity contribution < 1.29 is 27.1 Å². The van der Waals surface area contributed by atoms with E-state index >= 15 is 0 Å². The summed E-state index contributed by atoms with van der Waals surface area (Å²) < 4.78 is 62.1. The molecule has 5 rings (SSSR count). The largest absolute Gasteiger partial charge is 0.475 e. The van der Waals surface area contributed by atoms with Crippen LogP contribution in [0.4, 0.5) is 28.9 Å². The maximum absolute atomic E-state index is 14.4. The Labute approximate surface area is 236 Å². The fraction of sp³-hybridized carbons (Fsp3) is 0.483. The third kappa shape index (κ3) is 5.68. The zero-order valence-corrected chi connectivity index (χ0v) is 22.9. The highest BCUT2D eigenvalue weighted by molar-refractivity contribution is 5.87. The number of aromatic nitrogens is 1. The van der Waals surface area contributed by atoms with E-state index in [-0.39, 0.29) is 42.2 Å². The lowest BCUT2D eigenvalue weighted by Gasteiger charge is -2.39. The summed E-state index contributed by atoms with van der Waals surface area (Å²) in [5.41, 5.74) is 0.623. The van der Waals surface area contributed by atoms with E-state index in [1.807, 2.05) is 11.9 Å². The number of carbonyl (C=O) groups is 1. The van der Waals surface area contributed by atoms with Gasteiger partial charge in [-0.2, -0.15) is 18.4 Å². The van der Waals surface area contributed by atoms with E-state index in [1.165, 1.54) is 23.1 Å². The van der Waals surface area contributed by atoms with Gasteiger partial charge < -0.3 is 24.3 Å². The second-order valence-electron chi connectivity index (χ2n) is 10.6. The highest BCUT2D eigenvalue weighted by Gasteiger charge is 2.39. The lowest BCUT2D eigenvalue weighted by molar-refractivity contribution is -0.139.